The fraction of sp³-hybridized carbons (Fsp3) is 0.300. The number of nitrogens with one attached hydrogen (secondary N) is 1. The van der Waals surface area contributed by atoms with Gasteiger partial charge < -0.3 is 9.88 Å². The molecule has 0 aliphatic heterocycles. The summed E-state index contributed by atoms with van der Waals surface area (Å²) < 4.78 is 1.96. The molecule has 0 radical (unpaired) electrons. The molecule has 0 aliphatic rings. The highest BCUT2D eigenvalue weighted by molar-refractivity contribution is 7.99. The summed E-state index contributed by atoms with van der Waals surface area (Å²) in [5.74, 6) is 0.842. The number of anilines is 1. The van der Waals surface area contributed by atoms with E-state index in [9.17, 15) is 0 Å². The van der Waals surface area contributed by atoms with E-state index < -0.39 is 0 Å². The zero-order chi connectivity index (χ0) is 11.4. The number of hydrogen-bond acceptors (Lipinski definition) is 5. The molecule has 0 bridgehead atoms. The fourth-order valence-electron chi connectivity index (χ4n) is 1.22. The number of nitrogens with zero attached hydrogens (tertiary/aromatic N) is 4. The van der Waals surface area contributed by atoms with E-state index in [0.717, 1.165) is 22.5 Å². The molecule has 0 fully saturated rings. The molecule has 0 atom stereocenters. The van der Waals surface area contributed by atoms with Crippen molar-refractivity contribution in [2.24, 2.45) is 7.05 Å². The van der Waals surface area contributed by atoms with Gasteiger partial charge >= 0.3 is 0 Å². The molecule has 2 rings (SSSR count). The van der Waals surface area contributed by atoms with E-state index in [1.165, 1.54) is 11.8 Å². The van der Waals surface area contributed by atoms with Gasteiger partial charge in [-0.2, -0.15) is 0 Å². The Morgan fingerprint density at radius 3 is 2.94 bits per heavy atom. The zero-order valence-electron chi connectivity index (χ0n) is 9.21. The summed E-state index contributed by atoms with van der Waals surface area (Å²) in [6, 6.07) is 1.92. The summed E-state index contributed by atoms with van der Waals surface area (Å²) in [7, 11) is 1.96. The van der Waals surface area contributed by atoms with Gasteiger partial charge in [0.25, 0.3) is 0 Å². The summed E-state index contributed by atoms with van der Waals surface area (Å²) in [6.07, 6.45) is 5.24. The molecule has 6 heteroatoms. The second kappa shape index (κ2) is 4.98. The third kappa shape index (κ3) is 2.52. The molecule has 0 unspecified atom stereocenters. The lowest BCUT2D eigenvalue weighted by Gasteiger charge is -2.04. The standard InChI is InChI=1S/C10H13N5S/c1-3-11-8-6-9(14-7-13-8)16-10-12-4-5-15(10)2/h4-7H,3H2,1-2H3,(H,11,13,14). The maximum atomic E-state index is 4.23. The molecule has 0 saturated carbocycles. The number of imidazole rings is 1. The molecule has 2 aromatic rings. The van der Waals surface area contributed by atoms with Crippen LogP contribution in [-0.2, 0) is 7.05 Å². The van der Waals surface area contributed by atoms with Gasteiger partial charge in [-0.25, -0.2) is 15.0 Å². The molecule has 0 saturated heterocycles. The van der Waals surface area contributed by atoms with E-state index >= 15 is 0 Å². The number of rotatable bonds is 4. The normalized spacial score (nSPS) is 10.4. The first-order valence-corrected chi connectivity index (χ1v) is 5.82. The smallest absolute Gasteiger partial charge is 0.174 e. The quantitative estimate of drug-likeness (QED) is 0.819. The van der Waals surface area contributed by atoms with Crippen molar-refractivity contribution < 1.29 is 0 Å². The highest BCUT2D eigenvalue weighted by atomic mass is 32.2. The predicted octanol–water partition coefficient (Wildman–Crippen LogP) is 1.79. The first-order chi connectivity index (χ1) is 7.79. The van der Waals surface area contributed by atoms with Crippen LogP contribution in [0.1, 0.15) is 6.92 Å². The lowest BCUT2D eigenvalue weighted by atomic mass is 10.5. The minimum absolute atomic E-state index is 0.842. The molecule has 0 spiro atoms. The lowest BCUT2D eigenvalue weighted by Crippen LogP contribution is -1.99. The predicted molar refractivity (Wildman–Crippen MR) is 63.5 cm³/mol. The first kappa shape index (κ1) is 10.9. The number of hydrogen-bond donors (Lipinski definition) is 1. The second-order valence-corrected chi connectivity index (χ2v) is 4.18. The van der Waals surface area contributed by atoms with Gasteiger partial charge in [-0.15, -0.1) is 0 Å². The lowest BCUT2D eigenvalue weighted by molar-refractivity contribution is 0.788. The Hall–Kier alpha value is -1.56. The van der Waals surface area contributed by atoms with E-state index in [1.807, 2.05) is 30.8 Å². The van der Waals surface area contributed by atoms with Crippen molar-refractivity contribution in [3.63, 3.8) is 0 Å². The Bertz CT molecular complexity index is 468. The highest BCUT2D eigenvalue weighted by Crippen LogP contribution is 2.24. The van der Waals surface area contributed by atoms with Crippen LogP contribution in [0.3, 0.4) is 0 Å². The Labute approximate surface area is 98.3 Å². The van der Waals surface area contributed by atoms with Crippen LogP contribution in [0.25, 0.3) is 0 Å². The van der Waals surface area contributed by atoms with Gasteiger partial charge in [-0.3, -0.25) is 0 Å². The molecule has 0 aliphatic carbocycles. The Morgan fingerprint density at radius 1 is 1.38 bits per heavy atom. The maximum absolute atomic E-state index is 4.23. The van der Waals surface area contributed by atoms with Gasteiger partial charge in [0.15, 0.2) is 5.16 Å². The van der Waals surface area contributed by atoms with Crippen LogP contribution >= 0.6 is 11.8 Å². The molecule has 16 heavy (non-hydrogen) atoms. The molecular weight excluding hydrogens is 222 g/mol. The van der Waals surface area contributed by atoms with E-state index in [4.69, 9.17) is 0 Å². The first-order valence-electron chi connectivity index (χ1n) is 5.00. The average molecular weight is 235 g/mol. The molecule has 0 aromatic carbocycles. The fourth-order valence-corrected chi connectivity index (χ4v) is 1.99. The van der Waals surface area contributed by atoms with Crippen molar-refractivity contribution in [2.45, 2.75) is 17.1 Å². The SMILES string of the molecule is CCNc1cc(Sc2nccn2C)ncn1. The van der Waals surface area contributed by atoms with Gasteiger partial charge in [0.1, 0.15) is 17.2 Å². The summed E-state index contributed by atoms with van der Waals surface area (Å²) in [6.45, 7) is 2.89. The van der Waals surface area contributed by atoms with Gasteiger partial charge in [0.05, 0.1) is 0 Å². The van der Waals surface area contributed by atoms with E-state index in [-0.39, 0.29) is 0 Å². The van der Waals surface area contributed by atoms with E-state index in [2.05, 4.69) is 20.3 Å². The Balaban J connectivity index is 2.15. The molecular formula is C10H13N5S. The highest BCUT2D eigenvalue weighted by Gasteiger charge is 2.04. The summed E-state index contributed by atoms with van der Waals surface area (Å²) in [5.41, 5.74) is 0. The molecule has 2 aromatic heterocycles. The number of aryl methyl sites for hydroxylation is 1. The van der Waals surface area contributed by atoms with Crippen LogP contribution in [0.4, 0.5) is 5.82 Å². The zero-order valence-corrected chi connectivity index (χ0v) is 10.0. The summed E-state index contributed by atoms with van der Waals surface area (Å²) in [5, 5.41) is 4.96. The molecule has 5 nitrogen and oxygen atoms in total. The van der Waals surface area contributed by atoms with Crippen molar-refractivity contribution in [2.75, 3.05) is 11.9 Å². The third-order valence-corrected chi connectivity index (χ3v) is 2.98. The number of aromatic nitrogens is 4. The van der Waals surface area contributed by atoms with E-state index in [1.54, 1.807) is 12.5 Å². The van der Waals surface area contributed by atoms with Crippen LogP contribution in [0.2, 0.25) is 0 Å². The molecule has 2 heterocycles. The summed E-state index contributed by atoms with van der Waals surface area (Å²) >= 11 is 1.52. The topological polar surface area (TPSA) is 55.6 Å². The molecule has 84 valence electrons. The summed E-state index contributed by atoms with van der Waals surface area (Å²) in [4.78, 5) is 12.5. The minimum atomic E-state index is 0.842. The minimum Gasteiger partial charge on any atom is -0.370 e. The van der Waals surface area contributed by atoms with Crippen LogP contribution in [-0.4, -0.2) is 26.1 Å². The Morgan fingerprint density at radius 2 is 2.25 bits per heavy atom. The Kier molecular flexibility index (Phi) is 3.40. The van der Waals surface area contributed by atoms with Crippen LogP contribution < -0.4 is 5.32 Å². The monoisotopic (exact) mass is 235 g/mol. The molecule has 1 N–H and O–H groups in total. The van der Waals surface area contributed by atoms with Crippen LogP contribution in [0.15, 0.2) is 35.0 Å². The van der Waals surface area contributed by atoms with Gasteiger partial charge in [-0.1, -0.05) is 0 Å². The van der Waals surface area contributed by atoms with Crippen molar-refractivity contribution in [3.05, 3.63) is 24.8 Å². The van der Waals surface area contributed by atoms with Crippen molar-refractivity contribution in [3.8, 4) is 0 Å². The van der Waals surface area contributed by atoms with Gasteiger partial charge in [-0.05, 0) is 18.7 Å². The maximum Gasteiger partial charge on any atom is 0.174 e. The third-order valence-electron chi connectivity index (χ3n) is 1.97. The van der Waals surface area contributed by atoms with Gasteiger partial charge in [0, 0.05) is 32.1 Å². The van der Waals surface area contributed by atoms with Gasteiger partial charge in [0.2, 0.25) is 0 Å². The van der Waals surface area contributed by atoms with Crippen LogP contribution in [0, 0.1) is 0 Å². The van der Waals surface area contributed by atoms with E-state index in [0.29, 0.717) is 0 Å². The molecule has 0 amide bonds. The second-order valence-electron chi connectivity index (χ2n) is 3.19. The average Bonchev–Trinajstić information content (AvgIpc) is 2.66. The van der Waals surface area contributed by atoms with Crippen molar-refractivity contribution in [1.29, 1.82) is 0 Å². The largest absolute Gasteiger partial charge is 0.370 e. The van der Waals surface area contributed by atoms with Crippen molar-refractivity contribution in [1.82, 2.24) is 19.5 Å². The van der Waals surface area contributed by atoms with Crippen LogP contribution in [0.5, 0.6) is 0 Å². The van der Waals surface area contributed by atoms with Crippen molar-refractivity contribution >= 4 is 17.6 Å².